The summed E-state index contributed by atoms with van der Waals surface area (Å²) in [4.78, 5) is 2.34. The van der Waals surface area contributed by atoms with Gasteiger partial charge in [0, 0.05) is 31.6 Å². The average Bonchev–Trinajstić information content (AvgIpc) is 2.74. The molecule has 3 nitrogen and oxygen atoms in total. The lowest BCUT2D eigenvalue weighted by Crippen LogP contribution is -2.47. The number of nitrogens with one attached hydrogen (secondary N) is 1. The number of halogens is 1. The molecule has 1 heterocycles. The minimum absolute atomic E-state index is 0.357. The standard InChI is InChI=1S/C12H23ClN2O/c1-15-5-6-16-11(9-15)8-14-12-4-2-3-10(12)7-13/h10-12,14H,2-9H2,1H3. The summed E-state index contributed by atoms with van der Waals surface area (Å²) in [6.07, 6.45) is 4.24. The Hall–Kier alpha value is 0.170. The van der Waals surface area contributed by atoms with E-state index in [1.807, 2.05) is 0 Å². The fourth-order valence-corrected chi connectivity index (χ4v) is 3.13. The molecule has 2 rings (SSSR count). The van der Waals surface area contributed by atoms with E-state index in [0.29, 0.717) is 18.1 Å². The monoisotopic (exact) mass is 246 g/mol. The van der Waals surface area contributed by atoms with Crippen molar-refractivity contribution in [2.24, 2.45) is 5.92 Å². The summed E-state index contributed by atoms with van der Waals surface area (Å²) in [5.41, 5.74) is 0. The number of alkyl halides is 1. The molecule has 0 amide bonds. The topological polar surface area (TPSA) is 24.5 Å². The molecule has 0 aromatic rings. The molecule has 4 heteroatoms. The quantitative estimate of drug-likeness (QED) is 0.758. The lowest BCUT2D eigenvalue weighted by Gasteiger charge is -2.31. The molecule has 3 unspecified atom stereocenters. The first kappa shape index (κ1) is 12.6. The van der Waals surface area contributed by atoms with Crippen LogP contribution in [-0.2, 0) is 4.74 Å². The molecule has 1 N–H and O–H groups in total. The van der Waals surface area contributed by atoms with Crippen molar-refractivity contribution in [3.05, 3.63) is 0 Å². The van der Waals surface area contributed by atoms with Crippen LogP contribution in [-0.4, -0.2) is 56.2 Å². The van der Waals surface area contributed by atoms with Crippen molar-refractivity contribution < 1.29 is 4.74 Å². The van der Waals surface area contributed by atoms with E-state index in [-0.39, 0.29) is 0 Å². The first-order valence-electron chi connectivity index (χ1n) is 6.39. The van der Waals surface area contributed by atoms with Crippen LogP contribution in [0.5, 0.6) is 0 Å². The summed E-state index contributed by atoms with van der Waals surface area (Å²) in [5.74, 6) is 1.46. The first-order valence-corrected chi connectivity index (χ1v) is 6.92. The van der Waals surface area contributed by atoms with E-state index in [1.165, 1.54) is 19.3 Å². The van der Waals surface area contributed by atoms with Gasteiger partial charge in [-0.2, -0.15) is 0 Å². The fourth-order valence-electron chi connectivity index (χ4n) is 2.76. The van der Waals surface area contributed by atoms with Gasteiger partial charge in [0.2, 0.25) is 0 Å². The number of nitrogens with zero attached hydrogens (tertiary/aromatic N) is 1. The second kappa shape index (κ2) is 6.20. The number of rotatable bonds is 4. The van der Waals surface area contributed by atoms with Gasteiger partial charge in [-0.05, 0) is 25.8 Å². The zero-order chi connectivity index (χ0) is 11.4. The molecule has 0 aromatic heterocycles. The Morgan fingerprint density at radius 1 is 1.44 bits per heavy atom. The minimum atomic E-state index is 0.357. The number of likely N-dealkylation sites (N-methyl/N-ethyl adjacent to an activating group) is 1. The number of hydrogen-bond donors (Lipinski definition) is 1. The zero-order valence-corrected chi connectivity index (χ0v) is 10.9. The van der Waals surface area contributed by atoms with Crippen molar-refractivity contribution in [2.45, 2.75) is 31.4 Å². The maximum Gasteiger partial charge on any atom is 0.0826 e. The van der Waals surface area contributed by atoms with E-state index in [2.05, 4.69) is 17.3 Å². The molecule has 0 aromatic carbocycles. The Kier molecular flexibility index (Phi) is 4.89. The summed E-state index contributed by atoms with van der Waals surface area (Å²) in [6, 6.07) is 0.619. The van der Waals surface area contributed by atoms with Crippen LogP contribution in [0, 0.1) is 5.92 Å². The highest BCUT2D eigenvalue weighted by Gasteiger charge is 2.27. The Labute approximate surface area is 103 Å². The van der Waals surface area contributed by atoms with Crippen LogP contribution in [0.2, 0.25) is 0 Å². The van der Waals surface area contributed by atoms with Crippen molar-refractivity contribution in [1.82, 2.24) is 10.2 Å². The molecule has 2 aliphatic rings. The normalized spacial score (nSPS) is 36.8. The summed E-state index contributed by atoms with van der Waals surface area (Å²) >= 11 is 5.97. The lowest BCUT2D eigenvalue weighted by molar-refractivity contribution is -0.0196. The summed E-state index contributed by atoms with van der Waals surface area (Å²) in [5, 5.41) is 3.64. The van der Waals surface area contributed by atoms with Crippen LogP contribution >= 0.6 is 11.6 Å². The average molecular weight is 247 g/mol. The van der Waals surface area contributed by atoms with Gasteiger partial charge in [-0.25, -0.2) is 0 Å². The van der Waals surface area contributed by atoms with Crippen molar-refractivity contribution >= 4 is 11.6 Å². The molecular weight excluding hydrogens is 224 g/mol. The van der Waals surface area contributed by atoms with Crippen LogP contribution in [0.4, 0.5) is 0 Å². The molecule has 94 valence electrons. The molecule has 16 heavy (non-hydrogen) atoms. The minimum Gasteiger partial charge on any atom is -0.374 e. The fraction of sp³-hybridized carbons (Fsp3) is 1.00. The predicted molar refractivity (Wildman–Crippen MR) is 67.1 cm³/mol. The smallest absolute Gasteiger partial charge is 0.0826 e. The van der Waals surface area contributed by atoms with Gasteiger partial charge in [0.1, 0.15) is 0 Å². The van der Waals surface area contributed by atoms with Gasteiger partial charge < -0.3 is 15.0 Å². The third-order valence-electron chi connectivity index (χ3n) is 3.81. The van der Waals surface area contributed by atoms with Gasteiger partial charge in [0.05, 0.1) is 12.7 Å². The van der Waals surface area contributed by atoms with Crippen LogP contribution in [0.25, 0.3) is 0 Å². The third kappa shape index (κ3) is 3.33. The molecule has 0 spiro atoms. The summed E-state index contributed by atoms with van der Waals surface area (Å²) in [7, 11) is 2.16. The van der Waals surface area contributed by atoms with Crippen LogP contribution in [0.3, 0.4) is 0 Å². The highest BCUT2D eigenvalue weighted by molar-refractivity contribution is 6.18. The maximum atomic E-state index is 5.97. The Morgan fingerprint density at radius 3 is 3.06 bits per heavy atom. The van der Waals surface area contributed by atoms with Gasteiger partial charge in [0.25, 0.3) is 0 Å². The van der Waals surface area contributed by atoms with Crippen molar-refractivity contribution in [2.75, 3.05) is 39.2 Å². The molecule has 2 fully saturated rings. The van der Waals surface area contributed by atoms with E-state index in [9.17, 15) is 0 Å². The molecule has 1 aliphatic carbocycles. The molecule has 3 atom stereocenters. The number of hydrogen-bond acceptors (Lipinski definition) is 3. The highest BCUT2D eigenvalue weighted by atomic mass is 35.5. The van der Waals surface area contributed by atoms with Gasteiger partial charge in [0.15, 0.2) is 0 Å². The summed E-state index contributed by atoms with van der Waals surface area (Å²) < 4.78 is 5.74. The van der Waals surface area contributed by atoms with E-state index >= 15 is 0 Å². The third-order valence-corrected chi connectivity index (χ3v) is 4.20. The van der Waals surface area contributed by atoms with Gasteiger partial charge in [-0.3, -0.25) is 0 Å². The van der Waals surface area contributed by atoms with Crippen molar-refractivity contribution in [3.8, 4) is 0 Å². The van der Waals surface area contributed by atoms with E-state index in [1.54, 1.807) is 0 Å². The van der Waals surface area contributed by atoms with E-state index < -0.39 is 0 Å². The van der Waals surface area contributed by atoms with Gasteiger partial charge in [-0.15, -0.1) is 11.6 Å². The van der Waals surface area contributed by atoms with Crippen LogP contribution in [0.15, 0.2) is 0 Å². The van der Waals surface area contributed by atoms with Crippen molar-refractivity contribution in [1.29, 1.82) is 0 Å². The van der Waals surface area contributed by atoms with E-state index in [0.717, 1.165) is 32.1 Å². The SMILES string of the molecule is CN1CCOC(CNC2CCCC2CCl)C1. The second-order valence-corrected chi connectivity index (χ2v) is 5.42. The van der Waals surface area contributed by atoms with Crippen molar-refractivity contribution in [3.63, 3.8) is 0 Å². The predicted octanol–water partition coefficient (Wildman–Crippen LogP) is 1.31. The Morgan fingerprint density at radius 2 is 2.31 bits per heavy atom. The molecule has 1 saturated carbocycles. The largest absolute Gasteiger partial charge is 0.374 e. The van der Waals surface area contributed by atoms with E-state index in [4.69, 9.17) is 16.3 Å². The molecule has 1 saturated heterocycles. The van der Waals surface area contributed by atoms with Gasteiger partial charge >= 0.3 is 0 Å². The lowest BCUT2D eigenvalue weighted by atomic mass is 10.1. The molecule has 0 bridgehead atoms. The Bertz CT molecular complexity index is 215. The molecule has 1 aliphatic heterocycles. The Balaban J connectivity index is 1.70. The zero-order valence-electron chi connectivity index (χ0n) is 10.1. The molecular formula is C12H23ClN2O. The van der Waals surface area contributed by atoms with Crippen LogP contribution in [0.1, 0.15) is 19.3 Å². The maximum absolute atomic E-state index is 5.97. The summed E-state index contributed by atoms with van der Waals surface area (Å²) in [6.45, 7) is 3.95. The second-order valence-electron chi connectivity index (χ2n) is 5.12. The highest BCUT2D eigenvalue weighted by Crippen LogP contribution is 2.26. The molecule has 0 radical (unpaired) electrons. The first-order chi connectivity index (χ1) is 7.79. The number of ether oxygens (including phenoxy) is 1. The van der Waals surface area contributed by atoms with Gasteiger partial charge in [-0.1, -0.05) is 6.42 Å². The number of morpholine rings is 1. The van der Waals surface area contributed by atoms with Crippen LogP contribution < -0.4 is 5.32 Å².